The molecule has 3 unspecified atom stereocenters. The molecule has 1 heterocycles. The van der Waals surface area contributed by atoms with Crippen LogP contribution < -0.4 is 11.1 Å². The molecule has 0 spiro atoms. The quantitative estimate of drug-likeness (QED) is 0.734. The summed E-state index contributed by atoms with van der Waals surface area (Å²) in [5.41, 5.74) is 7.20. The molecule has 20 heavy (non-hydrogen) atoms. The monoisotopic (exact) mass is 278 g/mol. The van der Waals surface area contributed by atoms with Gasteiger partial charge in [-0.3, -0.25) is 0 Å². The Hall–Kier alpha value is -0.910. The molecule has 0 aliphatic heterocycles. The van der Waals surface area contributed by atoms with Crippen LogP contribution in [0.5, 0.6) is 0 Å². The van der Waals surface area contributed by atoms with Gasteiger partial charge in [-0.2, -0.15) is 0 Å². The van der Waals surface area contributed by atoms with E-state index in [0.29, 0.717) is 24.5 Å². The van der Waals surface area contributed by atoms with Gasteiger partial charge in [-0.15, -0.1) is 0 Å². The van der Waals surface area contributed by atoms with E-state index in [1.165, 1.54) is 31.4 Å². The maximum Gasteiger partial charge on any atom is 0.0951 e. The highest BCUT2D eigenvalue weighted by Gasteiger charge is 2.30. The van der Waals surface area contributed by atoms with Crippen molar-refractivity contribution in [1.29, 1.82) is 0 Å². The average Bonchev–Trinajstić information content (AvgIpc) is 3.23. The highest BCUT2D eigenvalue weighted by Crippen LogP contribution is 2.37. The molecule has 1 aromatic heterocycles. The lowest BCUT2D eigenvalue weighted by Gasteiger charge is -2.34. The van der Waals surface area contributed by atoms with E-state index in [1.54, 1.807) is 0 Å². The van der Waals surface area contributed by atoms with Crippen molar-refractivity contribution in [3.05, 3.63) is 18.2 Å². The third kappa shape index (κ3) is 2.90. The topological polar surface area (TPSA) is 76.1 Å². The normalized spacial score (nSPS) is 28.5. The average molecular weight is 278 g/mol. The van der Waals surface area contributed by atoms with E-state index in [0.717, 1.165) is 12.8 Å². The Balaban J connectivity index is 1.70. The molecular weight excluding hydrogens is 252 g/mol. The summed E-state index contributed by atoms with van der Waals surface area (Å²) in [6, 6.07) is 1.16. The van der Waals surface area contributed by atoms with E-state index < -0.39 is 0 Å². The molecule has 4 N–H and O–H groups in total. The van der Waals surface area contributed by atoms with Gasteiger partial charge < -0.3 is 20.7 Å². The van der Waals surface area contributed by atoms with E-state index in [9.17, 15) is 5.11 Å². The molecule has 0 saturated heterocycles. The molecule has 5 nitrogen and oxygen atoms in total. The predicted molar refractivity (Wildman–Crippen MR) is 78.3 cm³/mol. The fraction of sp³-hybridized carbons (Fsp3) is 0.800. The Kier molecular flexibility index (Phi) is 4.38. The van der Waals surface area contributed by atoms with Gasteiger partial charge in [0.25, 0.3) is 0 Å². The van der Waals surface area contributed by atoms with Crippen molar-refractivity contribution in [2.75, 3.05) is 13.2 Å². The molecule has 0 amide bonds. The number of aliphatic hydroxyl groups excluding tert-OH is 1. The van der Waals surface area contributed by atoms with Crippen LogP contribution in [0.25, 0.3) is 0 Å². The van der Waals surface area contributed by atoms with Crippen LogP contribution in [0.2, 0.25) is 0 Å². The molecule has 0 bridgehead atoms. The first-order chi connectivity index (χ1) is 9.83. The summed E-state index contributed by atoms with van der Waals surface area (Å²) >= 11 is 0. The van der Waals surface area contributed by atoms with Gasteiger partial charge in [0.15, 0.2) is 0 Å². The van der Waals surface area contributed by atoms with E-state index in [2.05, 4.69) is 14.9 Å². The smallest absolute Gasteiger partial charge is 0.0951 e. The van der Waals surface area contributed by atoms with Gasteiger partial charge >= 0.3 is 0 Å². The molecule has 0 aromatic carbocycles. The minimum absolute atomic E-state index is 0.148. The second kappa shape index (κ2) is 6.24. The molecule has 5 heteroatoms. The van der Waals surface area contributed by atoms with Crippen LogP contribution in [0, 0.1) is 5.92 Å². The summed E-state index contributed by atoms with van der Waals surface area (Å²) in [6.45, 7) is 0.851. The summed E-state index contributed by atoms with van der Waals surface area (Å²) in [5, 5.41) is 13.2. The van der Waals surface area contributed by atoms with Crippen molar-refractivity contribution in [1.82, 2.24) is 14.9 Å². The first-order valence-corrected chi connectivity index (χ1v) is 7.92. The van der Waals surface area contributed by atoms with Crippen molar-refractivity contribution in [3.63, 3.8) is 0 Å². The van der Waals surface area contributed by atoms with Crippen LogP contribution in [0.1, 0.15) is 56.3 Å². The van der Waals surface area contributed by atoms with Gasteiger partial charge in [-0.25, -0.2) is 4.98 Å². The number of aliphatic hydroxyl groups is 1. The van der Waals surface area contributed by atoms with Crippen molar-refractivity contribution in [2.45, 2.75) is 56.7 Å². The van der Waals surface area contributed by atoms with Crippen molar-refractivity contribution in [3.8, 4) is 0 Å². The third-order valence-electron chi connectivity index (χ3n) is 4.79. The van der Waals surface area contributed by atoms with Gasteiger partial charge in [0.1, 0.15) is 0 Å². The molecule has 1 aromatic rings. The highest BCUT2D eigenvalue weighted by molar-refractivity contribution is 5.10. The van der Waals surface area contributed by atoms with Crippen molar-refractivity contribution < 1.29 is 5.11 Å². The van der Waals surface area contributed by atoms with E-state index in [-0.39, 0.29) is 12.6 Å². The Bertz CT molecular complexity index is 429. The maximum absolute atomic E-state index is 9.54. The Morgan fingerprint density at radius 1 is 1.35 bits per heavy atom. The van der Waals surface area contributed by atoms with Crippen molar-refractivity contribution in [2.24, 2.45) is 11.7 Å². The first kappa shape index (κ1) is 14.0. The number of rotatable bonds is 6. The lowest BCUT2D eigenvalue weighted by molar-refractivity contribution is 0.145. The van der Waals surface area contributed by atoms with Crippen LogP contribution >= 0.6 is 0 Å². The lowest BCUT2D eigenvalue weighted by Crippen LogP contribution is -2.44. The van der Waals surface area contributed by atoms with E-state index in [4.69, 9.17) is 5.73 Å². The largest absolute Gasteiger partial charge is 0.396 e. The molecular formula is C15H26N4O. The summed E-state index contributed by atoms with van der Waals surface area (Å²) in [4.78, 5) is 4.30. The predicted octanol–water partition coefficient (Wildman–Crippen LogP) is 1.36. The molecule has 3 rings (SSSR count). The highest BCUT2D eigenvalue weighted by atomic mass is 16.3. The summed E-state index contributed by atoms with van der Waals surface area (Å²) in [6.07, 6.45) is 11.1. The van der Waals surface area contributed by atoms with E-state index >= 15 is 0 Å². The first-order valence-electron chi connectivity index (χ1n) is 7.92. The number of hydrogen-bond donors (Lipinski definition) is 3. The number of hydrogen-bond acceptors (Lipinski definition) is 4. The van der Waals surface area contributed by atoms with Crippen LogP contribution in [0.3, 0.4) is 0 Å². The van der Waals surface area contributed by atoms with Gasteiger partial charge in [-0.1, -0.05) is 12.8 Å². The molecule has 2 saturated carbocycles. The lowest BCUT2D eigenvalue weighted by atomic mass is 9.84. The number of aromatic nitrogens is 2. The molecule has 112 valence electrons. The fourth-order valence-electron chi connectivity index (χ4n) is 3.42. The molecule has 2 fully saturated rings. The van der Waals surface area contributed by atoms with Crippen LogP contribution in [-0.2, 0) is 0 Å². The second-order valence-electron chi connectivity index (χ2n) is 6.25. The zero-order valence-corrected chi connectivity index (χ0v) is 12.0. The van der Waals surface area contributed by atoms with Gasteiger partial charge in [0.2, 0.25) is 0 Å². The zero-order chi connectivity index (χ0) is 13.9. The Morgan fingerprint density at radius 2 is 2.15 bits per heavy atom. The zero-order valence-electron chi connectivity index (χ0n) is 12.0. The minimum Gasteiger partial charge on any atom is -0.396 e. The summed E-state index contributed by atoms with van der Waals surface area (Å²) < 4.78 is 2.28. The third-order valence-corrected chi connectivity index (χ3v) is 4.79. The molecule has 0 radical (unpaired) electrons. The fourth-order valence-corrected chi connectivity index (χ4v) is 3.42. The summed E-state index contributed by atoms with van der Waals surface area (Å²) in [7, 11) is 0. The summed E-state index contributed by atoms with van der Waals surface area (Å²) in [5.74, 6) is 0.370. The Labute approximate surface area is 120 Å². The van der Waals surface area contributed by atoms with Gasteiger partial charge in [0.05, 0.1) is 18.1 Å². The molecule has 2 aliphatic rings. The van der Waals surface area contributed by atoms with Crippen LogP contribution in [-0.4, -0.2) is 33.9 Å². The van der Waals surface area contributed by atoms with Gasteiger partial charge in [-0.05, 0) is 31.6 Å². The standard InChI is InChI=1S/C15H26N4O/c16-7-14(15-8-17-10-19(15)12-5-6-12)18-13-4-2-1-3-11(13)9-20/h8,10-14,18,20H,1-7,9,16H2. The van der Waals surface area contributed by atoms with E-state index in [1.807, 2.05) is 12.5 Å². The number of nitrogens with one attached hydrogen (secondary N) is 1. The molecule has 3 atom stereocenters. The SMILES string of the molecule is NCC(NC1CCCCC1CO)c1cncn1C1CC1. The minimum atomic E-state index is 0.148. The molecule has 2 aliphatic carbocycles. The Morgan fingerprint density at radius 3 is 2.85 bits per heavy atom. The van der Waals surface area contributed by atoms with Crippen LogP contribution in [0.15, 0.2) is 12.5 Å². The maximum atomic E-state index is 9.54. The van der Waals surface area contributed by atoms with Crippen molar-refractivity contribution >= 4 is 0 Å². The second-order valence-corrected chi connectivity index (χ2v) is 6.25. The van der Waals surface area contributed by atoms with Gasteiger partial charge in [0, 0.05) is 31.4 Å². The number of nitrogens with two attached hydrogens (primary N) is 1. The van der Waals surface area contributed by atoms with Crippen LogP contribution in [0.4, 0.5) is 0 Å². The number of imidazole rings is 1. The number of nitrogens with zero attached hydrogens (tertiary/aromatic N) is 2.